The molecule has 1 fully saturated rings. The van der Waals surface area contributed by atoms with E-state index < -0.39 is 10.0 Å². The normalized spacial score (nSPS) is 21.3. The summed E-state index contributed by atoms with van der Waals surface area (Å²) in [6, 6.07) is 5.11. The molecule has 2 N–H and O–H groups in total. The van der Waals surface area contributed by atoms with Crippen LogP contribution in [-0.4, -0.2) is 25.8 Å². The van der Waals surface area contributed by atoms with Crippen molar-refractivity contribution < 1.29 is 8.42 Å². The standard InChI is InChI=1S/C13H20N2O2S/c1-3-11-6-7-15(9-11)18(16,17)13-5-4-10(2)8-12(13)14/h4-5,8,11H,3,6-7,9,14H2,1-2H3. The number of hydrogen-bond donors (Lipinski definition) is 1. The van der Waals surface area contributed by atoms with Crippen molar-refractivity contribution in [2.75, 3.05) is 18.8 Å². The van der Waals surface area contributed by atoms with Gasteiger partial charge in [-0.1, -0.05) is 19.4 Å². The van der Waals surface area contributed by atoms with Gasteiger partial charge in [0.1, 0.15) is 4.90 Å². The average molecular weight is 268 g/mol. The van der Waals surface area contributed by atoms with Crippen LogP contribution in [0.4, 0.5) is 5.69 Å². The van der Waals surface area contributed by atoms with Crippen molar-refractivity contribution in [3.8, 4) is 0 Å². The van der Waals surface area contributed by atoms with E-state index in [-0.39, 0.29) is 4.90 Å². The van der Waals surface area contributed by atoms with E-state index in [2.05, 4.69) is 6.92 Å². The minimum atomic E-state index is -3.42. The Morgan fingerprint density at radius 3 is 2.72 bits per heavy atom. The van der Waals surface area contributed by atoms with Gasteiger partial charge in [-0.05, 0) is 37.0 Å². The van der Waals surface area contributed by atoms with Crippen molar-refractivity contribution in [2.24, 2.45) is 5.92 Å². The van der Waals surface area contributed by atoms with E-state index in [0.717, 1.165) is 18.4 Å². The van der Waals surface area contributed by atoms with Crippen LogP contribution < -0.4 is 5.73 Å². The number of sulfonamides is 1. The van der Waals surface area contributed by atoms with E-state index in [9.17, 15) is 8.42 Å². The minimum absolute atomic E-state index is 0.241. The van der Waals surface area contributed by atoms with Crippen LogP contribution in [0.1, 0.15) is 25.3 Å². The highest BCUT2D eigenvalue weighted by Crippen LogP contribution is 2.29. The van der Waals surface area contributed by atoms with E-state index in [0.29, 0.717) is 24.7 Å². The molecule has 0 bridgehead atoms. The van der Waals surface area contributed by atoms with E-state index in [1.165, 1.54) is 0 Å². The number of aryl methyl sites for hydroxylation is 1. The first-order valence-electron chi connectivity index (χ1n) is 6.31. The quantitative estimate of drug-likeness (QED) is 0.853. The van der Waals surface area contributed by atoms with Crippen LogP contribution in [0.5, 0.6) is 0 Å². The largest absolute Gasteiger partial charge is 0.398 e. The monoisotopic (exact) mass is 268 g/mol. The zero-order valence-corrected chi connectivity index (χ0v) is 11.7. The van der Waals surface area contributed by atoms with Gasteiger partial charge in [-0.2, -0.15) is 4.31 Å². The number of nitrogens with zero attached hydrogens (tertiary/aromatic N) is 1. The van der Waals surface area contributed by atoms with Crippen molar-refractivity contribution in [3.05, 3.63) is 23.8 Å². The van der Waals surface area contributed by atoms with Gasteiger partial charge in [0.25, 0.3) is 0 Å². The Hall–Kier alpha value is -1.07. The summed E-state index contributed by atoms with van der Waals surface area (Å²) in [7, 11) is -3.42. The van der Waals surface area contributed by atoms with Crippen LogP contribution in [0.15, 0.2) is 23.1 Å². The Morgan fingerprint density at radius 1 is 1.44 bits per heavy atom. The van der Waals surface area contributed by atoms with Crippen LogP contribution in [-0.2, 0) is 10.0 Å². The van der Waals surface area contributed by atoms with Crippen LogP contribution in [0.3, 0.4) is 0 Å². The van der Waals surface area contributed by atoms with Gasteiger partial charge in [-0.3, -0.25) is 0 Å². The summed E-state index contributed by atoms with van der Waals surface area (Å²) in [6.07, 6.45) is 1.97. The molecular weight excluding hydrogens is 248 g/mol. The Kier molecular flexibility index (Phi) is 3.64. The topological polar surface area (TPSA) is 63.4 Å². The fraction of sp³-hybridized carbons (Fsp3) is 0.538. The molecule has 0 amide bonds. The first kappa shape index (κ1) is 13.4. The molecule has 18 heavy (non-hydrogen) atoms. The fourth-order valence-corrected chi connectivity index (χ4v) is 4.02. The number of nitrogens with two attached hydrogens (primary N) is 1. The van der Waals surface area contributed by atoms with E-state index in [1.807, 2.05) is 6.92 Å². The Bertz CT molecular complexity index is 540. The molecule has 0 spiro atoms. The molecule has 5 heteroatoms. The molecule has 0 radical (unpaired) electrons. The van der Waals surface area contributed by atoms with E-state index in [1.54, 1.807) is 22.5 Å². The van der Waals surface area contributed by atoms with Gasteiger partial charge in [0, 0.05) is 13.1 Å². The highest BCUT2D eigenvalue weighted by atomic mass is 32.2. The number of rotatable bonds is 3. The van der Waals surface area contributed by atoms with Crippen LogP contribution >= 0.6 is 0 Å². The number of nitrogen functional groups attached to an aromatic ring is 1. The lowest BCUT2D eigenvalue weighted by atomic mass is 10.1. The van der Waals surface area contributed by atoms with Gasteiger partial charge >= 0.3 is 0 Å². The highest BCUT2D eigenvalue weighted by Gasteiger charge is 2.32. The van der Waals surface area contributed by atoms with Gasteiger partial charge in [0.2, 0.25) is 10.0 Å². The SMILES string of the molecule is CCC1CCN(S(=O)(=O)c2ccc(C)cc2N)C1. The second-order valence-electron chi connectivity index (χ2n) is 4.97. The molecule has 100 valence electrons. The van der Waals surface area contributed by atoms with E-state index >= 15 is 0 Å². The third kappa shape index (κ3) is 2.37. The van der Waals surface area contributed by atoms with Crippen LogP contribution in [0.25, 0.3) is 0 Å². The molecule has 1 aromatic carbocycles. The lowest BCUT2D eigenvalue weighted by Gasteiger charge is -2.17. The van der Waals surface area contributed by atoms with Gasteiger partial charge < -0.3 is 5.73 Å². The van der Waals surface area contributed by atoms with Crippen LogP contribution in [0.2, 0.25) is 0 Å². The molecule has 1 aliphatic heterocycles. The first-order valence-corrected chi connectivity index (χ1v) is 7.75. The number of anilines is 1. The predicted molar refractivity (Wildman–Crippen MR) is 72.7 cm³/mol. The molecule has 1 heterocycles. The molecule has 0 aliphatic carbocycles. The summed E-state index contributed by atoms with van der Waals surface area (Å²) >= 11 is 0. The molecular formula is C13H20N2O2S. The summed E-state index contributed by atoms with van der Waals surface area (Å²) in [4.78, 5) is 0.241. The molecule has 2 rings (SSSR count). The summed E-state index contributed by atoms with van der Waals surface area (Å²) in [5.74, 6) is 0.478. The zero-order valence-electron chi connectivity index (χ0n) is 10.9. The lowest BCUT2D eigenvalue weighted by Crippen LogP contribution is -2.29. The van der Waals surface area contributed by atoms with Crippen molar-refractivity contribution in [2.45, 2.75) is 31.6 Å². The van der Waals surface area contributed by atoms with Crippen molar-refractivity contribution in [3.63, 3.8) is 0 Å². The maximum Gasteiger partial charge on any atom is 0.245 e. The molecule has 1 unspecified atom stereocenters. The summed E-state index contributed by atoms with van der Waals surface area (Å²) in [5.41, 5.74) is 7.15. The Morgan fingerprint density at radius 2 is 2.17 bits per heavy atom. The Balaban J connectivity index is 2.31. The first-order chi connectivity index (χ1) is 8.45. The third-order valence-electron chi connectivity index (χ3n) is 3.61. The van der Waals surface area contributed by atoms with Gasteiger partial charge in [0.05, 0.1) is 5.69 Å². The fourth-order valence-electron chi connectivity index (χ4n) is 2.39. The zero-order chi connectivity index (χ0) is 13.3. The van der Waals surface area contributed by atoms with Gasteiger partial charge in [-0.25, -0.2) is 8.42 Å². The van der Waals surface area contributed by atoms with Crippen LogP contribution in [0, 0.1) is 12.8 Å². The van der Waals surface area contributed by atoms with Gasteiger partial charge in [0.15, 0.2) is 0 Å². The second-order valence-corrected chi connectivity index (χ2v) is 6.87. The third-order valence-corrected chi connectivity index (χ3v) is 5.55. The van der Waals surface area contributed by atoms with E-state index in [4.69, 9.17) is 5.73 Å². The Labute approximate surface area is 109 Å². The molecule has 1 atom stereocenters. The molecule has 1 saturated heterocycles. The molecule has 0 saturated carbocycles. The summed E-state index contributed by atoms with van der Waals surface area (Å²) < 4.78 is 26.5. The molecule has 0 aromatic heterocycles. The number of hydrogen-bond acceptors (Lipinski definition) is 3. The van der Waals surface area contributed by atoms with Crippen molar-refractivity contribution in [1.82, 2.24) is 4.31 Å². The highest BCUT2D eigenvalue weighted by molar-refractivity contribution is 7.89. The minimum Gasteiger partial charge on any atom is -0.398 e. The lowest BCUT2D eigenvalue weighted by molar-refractivity contribution is 0.453. The molecule has 1 aromatic rings. The summed E-state index contributed by atoms with van der Waals surface area (Å²) in [6.45, 7) is 5.22. The second kappa shape index (κ2) is 4.90. The smallest absolute Gasteiger partial charge is 0.245 e. The molecule has 1 aliphatic rings. The van der Waals surface area contributed by atoms with Crippen molar-refractivity contribution >= 4 is 15.7 Å². The molecule has 4 nitrogen and oxygen atoms in total. The van der Waals surface area contributed by atoms with Crippen molar-refractivity contribution in [1.29, 1.82) is 0 Å². The maximum absolute atomic E-state index is 12.5. The van der Waals surface area contributed by atoms with Gasteiger partial charge in [-0.15, -0.1) is 0 Å². The average Bonchev–Trinajstić information content (AvgIpc) is 2.77. The number of benzene rings is 1. The maximum atomic E-state index is 12.5. The summed E-state index contributed by atoms with van der Waals surface area (Å²) in [5, 5.41) is 0. The predicted octanol–water partition coefficient (Wildman–Crippen LogP) is 2.00.